The van der Waals surface area contributed by atoms with E-state index in [2.05, 4.69) is 17.2 Å². The molecule has 3 atom stereocenters. The fourth-order valence-corrected chi connectivity index (χ4v) is 3.79. The minimum Gasteiger partial charge on any atom is -0.337 e. The Kier molecular flexibility index (Phi) is 4.54. The lowest BCUT2D eigenvalue weighted by molar-refractivity contribution is -0.133. The Balaban J connectivity index is 1.63. The number of likely N-dealkylation sites (N-methyl/N-ethyl adjacent to an activating group) is 1. The minimum absolute atomic E-state index is 0.0277. The molecule has 1 aromatic heterocycles. The fourth-order valence-electron chi connectivity index (χ4n) is 3.79. The molecule has 4 nitrogen and oxygen atoms in total. The molecule has 2 aliphatic rings. The molecule has 4 heteroatoms. The summed E-state index contributed by atoms with van der Waals surface area (Å²) in [5.74, 6) is 0.982. The van der Waals surface area contributed by atoms with Gasteiger partial charge in [-0.2, -0.15) is 0 Å². The van der Waals surface area contributed by atoms with E-state index in [1.165, 1.54) is 25.7 Å². The molecule has 1 N–H and O–H groups in total. The Hall–Kier alpha value is -1.42. The molecule has 2 fully saturated rings. The largest absolute Gasteiger partial charge is 0.337 e. The number of nitrogens with one attached hydrogen (secondary N) is 1. The molecule has 114 valence electrons. The number of nitrogens with zero attached hydrogens (tertiary/aromatic N) is 2. The number of pyridine rings is 1. The van der Waals surface area contributed by atoms with E-state index in [0.717, 1.165) is 18.5 Å². The number of amides is 1. The van der Waals surface area contributed by atoms with Crippen molar-refractivity contribution < 1.29 is 4.79 Å². The van der Waals surface area contributed by atoms with Crippen LogP contribution in [0.2, 0.25) is 0 Å². The van der Waals surface area contributed by atoms with Crippen molar-refractivity contribution in [1.29, 1.82) is 0 Å². The number of carbonyl (C=O) groups is 1. The number of hydrogen-bond acceptors (Lipinski definition) is 3. The molecule has 1 saturated heterocycles. The molecule has 3 rings (SSSR count). The molecular weight excluding hydrogens is 262 g/mol. The van der Waals surface area contributed by atoms with Gasteiger partial charge in [-0.05, 0) is 49.8 Å². The second kappa shape index (κ2) is 6.56. The van der Waals surface area contributed by atoms with Crippen molar-refractivity contribution in [2.24, 2.45) is 5.92 Å². The first kappa shape index (κ1) is 14.5. The highest BCUT2D eigenvalue weighted by molar-refractivity contribution is 5.82. The normalized spacial score (nSPS) is 28.1. The first-order chi connectivity index (χ1) is 10.3. The van der Waals surface area contributed by atoms with E-state index in [1.807, 2.05) is 17.0 Å². The van der Waals surface area contributed by atoms with Gasteiger partial charge in [-0.3, -0.25) is 9.78 Å². The van der Waals surface area contributed by atoms with Gasteiger partial charge in [-0.25, -0.2) is 0 Å². The summed E-state index contributed by atoms with van der Waals surface area (Å²) in [7, 11) is 0. The standard InChI is InChI=1S/C17H25N3O/c1-2-20(12-13-7-9-18-10-8-13)17(21)16-11-14-5-3-4-6-15(14)19-16/h7-10,14-16,19H,2-6,11-12H2,1H3. The SMILES string of the molecule is CCN(Cc1ccncc1)C(=O)C1CC2CCCCC2N1. The maximum atomic E-state index is 12.8. The summed E-state index contributed by atoms with van der Waals surface area (Å²) in [5.41, 5.74) is 1.15. The van der Waals surface area contributed by atoms with Gasteiger partial charge in [0, 0.05) is 31.5 Å². The number of carbonyl (C=O) groups excluding carboxylic acids is 1. The van der Waals surface area contributed by atoms with Crippen molar-refractivity contribution in [3.05, 3.63) is 30.1 Å². The highest BCUT2D eigenvalue weighted by Crippen LogP contribution is 2.33. The number of fused-ring (bicyclic) bond motifs is 1. The number of rotatable bonds is 4. The fraction of sp³-hybridized carbons (Fsp3) is 0.647. The molecule has 1 aromatic rings. The lowest BCUT2D eigenvalue weighted by atomic mass is 9.85. The highest BCUT2D eigenvalue weighted by atomic mass is 16.2. The van der Waals surface area contributed by atoms with Gasteiger partial charge < -0.3 is 10.2 Å². The predicted octanol–water partition coefficient (Wildman–Crippen LogP) is 2.35. The van der Waals surface area contributed by atoms with Gasteiger partial charge in [-0.15, -0.1) is 0 Å². The highest BCUT2D eigenvalue weighted by Gasteiger charge is 2.39. The summed E-state index contributed by atoms with van der Waals surface area (Å²) in [6, 6.07) is 4.57. The summed E-state index contributed by atoms with van der Waals surface area (Å²) in [4.78, 5) is 18.8. The molecule has 1 aliphatic heterocycles. The average molecular weight is 287 g/mol. The molecule has 0 radical (unpaired) electrons. The first-order valence-electron chi connectivity index (χ1n) is 8.21. The predicted molar refractivity (Wildman–Crippen MR) is 82.6 cm³/mol. The second-order valence-electron chi connectivity index (χ2n) is 6.31. The zero-order chi connectivity index (χ0) is 14.7. The Labute approximate surface area is 126 Å². The van der Waals surface area contributed by atoms with Gasteiger partial charge in [0.05, 0.1) is 6.04 Å². The van der Waals surface area contributed by atoms with E-state index in [-0.39, 0.29) is 11.9 Å². The van der Waals surface area contributed by atoms with Crippen LogP contribution < -0.4 is 5.32 Å². The van der Waals surface area contributed by atoms with Crippen LogP contribution in [0.15, 0.2) is 24.5 Å². The average Bonchev–Trinajstić information content (AvgIpc) is 2.97. The molecule has 0 spiro atoms. The van der Waals surface area contributed by atoms with Crippen molar-refractivity contribution >= 4 is 5.91 Å². The number of aromatic nitrogens is 1. The van der Waals surface area contributed by atoms with E-state index in [4.69, 9.17) is 0 Å². The smallest absolute Gasteiger partial charge is 0.240 e. The summed E-state index contributed by atoms with van der Waals surface area (Å²) in [6.45, 7) is 3.50. The molecule has 1 aliphatic carbocycles. The topological polar surface area (TPSA) is 45.2 Å². The van der Waals surface area contributed by atoms with Crippen LogP contribution >= 0.6 is 0 Å². The molecular formula is C17H25N3O. The van der Waals surface area contributed by atoms with E-state index < -0.39 is 0 Å². The molecule has 1 amide bonds. The summed E-state index contributed by atoms with van der Waals surface area (Å²) >= 11 is 0. The van der Waals surface area contributed by atoms with Crippen LogP contribution in [-0.4, -0.2) is 34.4 Å². The second-order valence-corrected chi connectivity index (χ2v) is 6.31. The Bertz CT molecular complexity index is 462. The molecule has 21 heavy (non-hydrogen) atoms. The van der Waals surface area contributed by atoms with Crippen LogP contribution in [0.4, 0.5) is 0 Å². The Morgan fingerprint density at radius 3 is 2.81 bits per heavy atom. The van der Waals surface area contributed by atoms with Crippen LogP contribution in [0.5, 0.6) is 0 Å². The van der Waals surface area contributed by atoms with Crippen molar-refractivity contribution in [3.63, 3.8) is 0 Å². The summed E-state index contributed by atoms with van der Waals surface area (Å²) in [6.07, 6.45) is 9.77. The lowest BCUT2D eigenvalue weighted by Gasteiger charge is -2.25. The van der Waals surface area contributed by atoms with Crippen molar-refractivity contribution in [2.75, 3.05) is 6.54 Å². The molecule has 1 saturated carbocycles. The van der Waals surface area contributed by atoms with Crippen molar-refractivity contribution in [1.82, 2.24) is 15.2 Å². The van der Waals surface area contributed by atoms with Crippen LogP contribution in [0, 0.1) is 5.92 Å². The van der Waals surface area contributed by atoms with E-state index in [0.29, 0.717) is 18.5 Å². The molecule has 3 unspecified atom stereocenters. The quantitative estimate of drug-likeness (QED) is 0.924. The zero-order valence-electron chi connectivity index (χ0n) is 12.8. The van der Waals surface area contributed by atoms with E-state index in [9.17, 15) is 4.79 Å². The third-order valence-corrected chi connectivity index (χ3v) is 4.98. The third-order valence-electron chi connectivity index (χ3n) is 4.98. The van der Waals surface area contributed by atoms with Gasteiger partial charge >= 0.3 is 0 Å². The minimum atomic E-state index is 0.0277. The monoisotopic (exact) mass is 287 g/mol. The molecule has 0 aromatic carbocycles. The number of hydrogen-bond donors (Lipinski definition) is 1. The molecule has 0 bridgehead atoms. The van der Waals surface area contributed by atoms with Gasteiger partial charge in [-0.1, -0.05) is 12.8 Å². The van der Waals surface area contributed by atoms with Crippen LogP contribution in [0.25, 0.3) is 0 Å². The Morgan fingerprint density at radius 1 is 1.33 bits per heavy atom. The van der Waals surface area contributed by atoms with Crippen molar-refractivity contribution in [2.45, 2.75) is 57.7 Å². The van der Waals surface area contributed by atoms with Crippen molar-refractivity contribution in [3.8, 4) is 0 Å². The molecule has 2 heterocycles. The van der Waals surface area contributed by atoms with E-state index >= 15 is 0 Å². The maximum absolute atomic E-state index is 12.8. The van der Waals surface area contributed by atoms with Crippen LogP contribution in [0.1, 0.15) is 44.6 Å². The third kappa shape index (κ3) is 3.26. The van der Waals surface area contributed by atoms with Gasteiger partial charge in [0.25, 0.3) is 0 Å². The Morgan fingerprint density at radius 2 is 2.10 bits per heavy atom. The first-order valence-corrected chi connectivity index (χ1v) is 8.21. The zero-order valence-corrected chi connectivity index (χ0v) is 12.8. The van der Waals surface area contributed by atoms with Crippen LogP contribution in [0.3, 0.4) is 0 Å². The summed E-state index contributed by atoms with van der Waals surface area (Å²) in [5, 5.41) is 3.59. The van der Waals surface area contributed by atoms with Crippen LogP contribution in [-0.2, 0) is 11.3 Å². The lowest BCUT2D eigenvalue weighted by Crippen LogP contribution is -2.45. The van der Waals surface area contributed by atoms with Gasteiger partial charge in [0.15, 0.2) is 0 Å². The van der Waals surface area contributed by atoms with Gasteiger partial charge in [0.1, 0.15) is 0 Å². The van der Waals surface area contributed by atoms with E-state index in [1.54, 1.807) is 12.4 Å². The summed E-state index contributed by atoms with van der Waals surface area (Å²) < 4.78 is 0. The maximum Gasteiger partial charge on any atom is 0.240 e. The van der Waals surface area contributed by atoms with Gasteiger partial charge in [0.2, 0.25) is 5.91 Å².